The van der Waals surface area contributed by atoms with Crippen molar-refractivity contribution in [2.45, 2.75) is 37.5 Å². The maximum Gasteiger partial charge on any atom is 0.226 e. The van der Waals surface area contributed by atoms with E-state index in [1.165, 1.54) is 17.8 Å². The van der Waals surface area contributed by atoms with Crippen molar-refractivity contribution in [1.29, 1.82) is 0 Å². The van der Waals surface area contributed by atoms with Crippen molar-refractivity contribution >= 4 is 51.2 Å². The second-order valence-corrected chi connectivity index (χ2v) is 8.60. The van der Waals surface area contributed by atoms with E-state index in [1.807, 2.05) is 24.3 Å². The number of aromatic nitrogens is 4. The fourth-order valence-corrected chi connectivity index (χ4v) is 4.11. The summed E-state index contributed by atoms with van der Waals surface area (Å²) in [6.07, 6.45) is -1.79. The van der Waals surface area contributed by atoms with Crippen LogP contribution in [0.3, 0.4) is 0 Å². The quantitative estimate of drug-likeness (QED) is 0.290. The van der Waals surface area contributed by atoms with Crippen LogP contribution in [0.2, 0.25) is 5.28 Å². The predicted octanol–water partition coefficient (Wildman–Crippen LogP) is 1.70. The zero-order valence-corrected chi connectivity index (χ0v) is 18.2. The molecule has 1 aliphatic rings. The molecule has 9 nitrogen and oxygen atoms in total. The van der Waals surface area contributed by atoms with E-state index in [0.29, 0.717) is 23.5 Å². The average Bonchev–Trinajstić information content (AvgIpc) is 3.19. The molecule has 0 bridgehead atoms. The second-order valence-electron chi connectivity index (χ2n) is 7.02. The van der Waals surface area contributed by atoms with E-state index in [4.69, 9.17) is 16.3 Å². The number of benzene rings is 1. The molecule has 0 aliphatic carbocycles. The smallest absolute Gasteiger partial charge is 0.226 e. The first-order chi connectivity index (χ1) is 13.8. The maximum absolute atomic E-state index is 10.5. The average molecular weight is 532 g/mol. The minimum Gasteiger partial charge on any atom is -0.394 e. The minimum atomic E-state index is -1.63. The van der Waals surface area contributed by atoms with Gasteiger partial charge in [0.05, 0.1) is 12.9 Å². The van der Waals surface area contributed by atoms with Gasteiger partial charge in [-0.25, -0.2) is 4.98 Å². The summed E-state index contributed by atoms with van der Waals surface area (Å²) in [6, 6.07) is 8.02. The fraction of sp³-hybridized carbons (Fsp3) is 0.389. The van der Waals surface area contributed by atoms with E-state index in [9.17, 15) is 15.3 Å². The number of nitrogens with one attached hydrogen (secondary N) is 1. The molecule has 1 aliphatic heterocycles. The van der Waals surface area contributed by atoms with Crippen LogP contribution >= 0.6 is 34.2 Å². The first kappa shape index (κ1) is 20.7. The number of hydrogen-bond acceptors (Lipinski definition) is 8. The Kier molecular flexibility index (Phi) is 5.66. The lowest BCUT2D eigenvalue weighted by atomic mass is 9.95. The normalized spacial score (nSPS) is 26.9. The van der Waals surface area contributed by atoms with Crippen LogP contribution in [0, 0.1) is 3.57 Å². The van der Waals surface area contributed by atoms with E-state index in [-0.39, 0.29) is 5.28 Å². The van der Waals surface area contributed by atoms with Crippen molar-refractivity contribution in [3.63, 3.8) is 0 Å². The zero-order chi connectivity index (χ0) is 20.8. The number of fused-ring (bicyclic) bond motifs is 1. The van der Waals surface area contributed by atoms with Gasteiger partial charge in [0.2, 0.25) is 5.28 Å². The number of halogens is 2. The molecule has 2 aromatic heterocycles. The Morgan fingerprint density at radius 3 is 2.86 bits per heavy atom. The lowest BCUT2D eigenvalue weighted by molar-refractivity contribution is -0.0804. The summed E-state index contributed by atoms with van der Waals surface area (Å²) >= 11 is 8.36. The molecule has 3 aromatic rings. The second kappa shape index (κ2) is 7.93. The number of rotatable bonds is 5. The third-order valence-corrected chi connectivity index (χ3v) is 5.85. The van der Waals surface area contributed by atoms with E-state index in [0.717, 1.165) is 9.13 Å². The van der Waals surface area contributed by atoms with Gasteiger partial charge in [-0.05, 0) is 58.8 Å². The van der Waals surface area contributed by atoms with E-state index < -0.39 is 30.6 Å². The molecule has 4 atom stereocenters. The Labute approximate surface area is 184 Å². The van der Waals surface area contributed by atoms with Crippen molar-refractivity contribution in [2.24, 2.45) is 0 Å². The van der Waals surface area contributed by atoms with E-state index >= 15 is 0 Å². The van der Waals surface area contributed by atoms with Crippen molar-refractivity contribution in [3.05, 3.63) is 45.0 Å². The highest BCUT2D eigenvalue weighted by Crippen LogP contribution is 2.38. The Morgan fingerprint density at radius 1 is 1.38 bits per heavy atom. The standard InChI is InChI=1S/C18H19ClIN5O4/c1-18(28)11(7-26)29-16(13(18)27)25-8-22-12-14(23-17(19)24-15(12)25)21-6-9-3-2-4-10(20)5-9/h2-5,8,11,13,16,26-28H,6-7H2,1H3,(H,21,23,24)/t11-,13+,16-,18-/m1/s1. The summed E-state index contributed by atoms with van der Waals surface area (Å²) in [5.74, 6) is 0.440. The number of aliphatic hydroxyl groups is 3. The van der Waals surface area contributed by atoms with Crippen molar-refractivity contribution in [2.75, 3.05) is 11.9 Å². The number of aliphatic hydroxyl groups excluding tert-OH is 2. The molecule has 0 radical (unpaired) electrons. The number of nitrogens with zero attached hydrogens (tertiary/aromatic N) is 4. The molecule has 1 aromatic carbocycles. The lowest BCUT2D eigenvalue weighted by Crippen LogP contribution is -2.46. The molecule has 11 heteroatoms. The first-order valence-corrected chi connectivity index (χ1v) is 10.3. The molecule has 29 heavy (non-hydrogen) atoms. The number of hydrogen-bond donors (Lipinski definition) is 4. The van der Waals surface area contributed by atoms with Gasteiger partial charge in [-0.2, -0.15) is 9.97 Å². The van der Waals surface area contributed by atoms with E-state index in [1.54, 1.807) is 0 Å². The van der Waals surface area contributed by atoms with Gasteiger partial charge in [0.15, 0.2) is 23.2 Å². The highest BCUT2D eigenvalue weighted by Gasteiger charge is 2.52. The Morgan fingerprint density at radius 2 is 2.17 bits per heavy atom. The van der Waals surface area contributed by atoms with Crippen LogP contribution in [0.4, 0.5) is 5.82 Å². The highest BCUT2D eigenvalue weighted by molar-refractivity contribution is 14.1. The summed E-state index contributed by atoms with van der Waals surface area (Å²) in [5.41, 5.74) is 0.227. The molecule has 3 heterocycles. The molecular weight excluding hydrogens is 513 g/mol. The Balaban J connectivity index is 1.67. The molecule has 4 rings (SSSR count). The molecule has 154 valence electrons. The lowest BCUT2D eigenvalue weighted by Gasteiger charge is -2.25. The van der Waals surface area contributed by atoms with Gasteiger partial charge in [-0.1, -0.05) is 12.1 Å². The molecule has 1 fully saturated rings. The van der Waals surface area contributed by atoms with Gasteiger partial charge in [-0.15, -0.1) is 0 Å². The topological polar surface area (TPSA) is 126 Å². The molecule has 0 amide bonds. The van der Waals surface area contributed by atoms with Crippen LogP contribution < -0.4 is 5.32 Å². The molecule has 1 saturated heterocycles. The highest BCUT2D eigenvalue weighted by atomic mass is 127. The van der Waals surface area contributed by atoms with Gasteiger partial charge in [0.1, 0.15) is 17.8 Å². The van der Waals surface area contributed by atoms with Crippen LogP contribution in [0.15, 0.2) is 30.6 Å². The fourth-order valence-electron chi connectivity index (χ4n) is 3.34. The monoisotopic (exact) mass is 531 g/mol. The van der Waals surface area contributed by atoms with Gasteiger partial charge in [-0.3, -0.25) is 4.57 Å². The number of anilines is 1. The number of ether oxygens (including phenoxy) is 1. The maximum atomic E-state index is 10.5. The number of imidazole rings is 1. The summed E-state index contributed by atoms with van der Waals surface area (Å²) < 4.78 is 8.26. The van der Waals surface area contributed by atoms with Crippen molar-refractivity contribution in [1.82, 2.24) is 19.5 Å². The largest absolute Gasteiger partial charge is 0.394 e. The van der Waals surface area contributed by atoms with Gasteiger partial charge in [0.25, 0.3) is 0 Å². The third kappa shape index (κ3) is 3.80. The summed E-state index contributed by atoms with van der Waals surface area (Å²) in [7, 11) is 0. The molecule has 0 saturated carbocycles. The minimum absolute atomic E-state index is 0.00217. The zero-order valence-electron chi connectivity index (χ0n) is 15.3. The van der Waals surface area contributed by atoms with Crippen molar-refractivity contribution < 1.29 is 20.1 Å². The molecule has 0 unspecified atom stereocenters. The van der Waals surface area contributed by atoms with Gasteiger partial charge >= 0.3 is 0 Å². The van der Waals surface area contributed by atoms with E-state index in [2.05, 4.69) is 42.9 Å². The summed E-state index contributed by atoms with van der Waals surface area (Å²) in [4.78, 5) is 12.8. The van der Waals surface area contributed by atoms with Crippen LogP contribution in [-0.4, -0.2) is 59.3 Å². The first-order valence-electron chi connectivity index (χ1n) is 8.86. The summed E-state index contributed by atoms with van der Waals surface area (Å²) in [6.45, 7) is 1.48. The predicted molar refractivity (Wildman–Crippen MR) is 114 cm³/mol. The summed E-state index contributed by atoms with van der Waals surface area (Å²) in [5, 5.41) is 33.7. The van der Waals surface area contributed by atoms with Crippen molar-refractivity contribution in [3.8, 4) is 0 Å². The van der Waals surface area contributed by atoms with Crippen LogP contribution in [0.25, 0.3) is 11.2 Å². The van der Waals surface area contributed by atoms with Crippen LogP contribution in [0.5, 0.6) is 0 Å². The Hall–Kier alpha value is -1.57. The van der Waals surface area contributed by atoms with Crippen LogP contribution in [-0.2, 0) is 11.3 Å². The third-order valence-electron chi connectivity index (χ3n) is 5.01. The molecular formula is C18H19ClIN5O4. The van der Waals surface area contributed by atoms with Crippen LogP contribution in [0.1, 0.15) is 18.7 Å². The molecule has 4 N–H and O–H groups in total. The van der Waals surface area contributed by atoms with Gasteiger partial charge < -0.3 is 25.4 Å². The van der Waals surface area contributed by atoms with Gasteiger partial charge in [0, 0.05) is 10.1 Å². The Bertz CT molecular complexity index is 1050. The SMILES string of the molecule is C[C@@]1(O)[C@@H](CO)O[C@@H](n2cnc3c(NCc4cccc(I)c4)nc(Cl)nc32)[C@@H]1O. The molecule has 0 spiro atoms.